The van der Waals surface area contributed by atoms with Crippen LogP contribution in [0.25, 0.3) is 22.5 Å². The van der Waals surface area contributed by atoms with E-state index in [1.165, 1.54) is 19.2 Å². The zero-order chi connectivity index (χ0) is 28.0. The maximum Gasteiger partial charge on any atom is 0.291 e. The molecule has 1 unspecified atom stereocenters. The fourth-order valence-electron chi connectivity index (χ4n) is 4.97. The van der Waals surface area contributed by atoms with Crippen molar-refractivity contribution in [3.05, 3.63) is 70.0 Å². The topological polar surface area (TPSA) is 142 Å². The third kappa shape index (κ3) is 4.58. The smallest absolute Gasteiger partial charge is 0.291 e. The van der Waals surface area contributed by atoms with Crippen LogP contribution in [0.5, 0.6) is 5.88 Å². The SMILES string of the molecule is COc1cc(C(=O)NC2(C(=O)NC3CCc4cc(-c5cc(Cl)cc(F)c5-c5noc(C)n5)ccc43)COC2)on1. The van der Waals surface area contributed by atoms with Crippen molar-refractivity contribution < 1.29 is 32.5 Å². The highest BCUT2D eigenvalue weighted by Crippen LogP contribution is 2.39. The Balaban J connectivity index is 1.23. The minimum absolute atomic E-state index is 0.0209. The first-order chi connectivity index (χ1) is 19.3. The summed E-state index contributed by atoms with van der Waals surface area (Å²) in [6.45, 7) is 1.67. The number of rotatable bonds is 7. The summed E-state index contributed by atoms with van der Waals surface area (Å²) in [6.07, 6.45) is 1.33. The normalized spacial score (nSPS) is 17.1. The van der Waals surface area contributed by atoms with Gasteiger partial charge >= 0.3 is 0 Å². The van der Waals surface area contributed by atoms with Crippen LogP contribution in [-0.2, 0) is 16.0 Å². The van der Waals surface area contributed by atoms with Crippen molar-refractivity contribution in [2.45, 2.75) is 31.3 Å². The van der Waals surface area contributed by atoms with Crippen molar-refractivity contribution in [3.63, 3.8) is 0 Å². The molecule has 1 fully saturated rings. The number of aryl methyl sites for hydroxylation is 2. The van der Waals surface area contributed by atoms with Crippen molar-refractivity contribution in [1.82, 2.24) is 25.9 Å². The Bertz CT molecular complexity index is 1630. The molecule has 2 aromatic heterocycles. The molecule has 3 heterocycles. The molecule has 13 heteroatoms. The second-order valence-electron chi connectivity index (χ2n) is 9.69. The summed E-state index contributed by atoms with van der Waals surface area (Å²) in [5.41, 5.74) is 2.13. The van der Waals surface area contributed by atoms with E-state index < -0.39 is 17.3 Å². The zero-order valence-corrected chi connectivity index (χ0v) is 22.2. The van der Waals surface area contributed by atoms with Crippen LogP contribution in [-0.4, -0.2) is 53.0 Å². The van der Waals surface area contributed by atoms with Crippen molar-refractivity contribution in [2.24, 2.45) is 0 Å². The Morgan fingerprint density at radius 3 is 2.65 bits per heavy atom. The number of ether oxygens (including phenoxy) is 2. The van der Waals surface area contributed by atoms with E-state index in [1.807, 2.05) is 18.2 Å². The minimum Gasteiger partial charge on any atom is -0.479 e. The van der Waals surface area contributed by atoms with Gasteiger partial charge in [0.15, 0.2) is 5.54 Å². The van der Waals surface area contributed by atoms with Gasteiger partial charge in [-0.1, -0.05) is 35.0 Å². The molecule has 6 rings (SSSR count). The standard InChI is InChI=1S/C27H23ClFN5O6/c1-13-30-24(34-39-13)23-18(8-16(28)9-19(23)29)15-3-5-17-14(7-15)4-6-20(17)31-26(36)27(11-38-12-27)32-25(35)21-10-22(37-2)33-40-21/h3,5,7-10,20H,4,6,11-12H2,1-2H3,(H,31,36)(H,32,35). The summed E-state index contributed by atoms with van der Waals surface area (Å²) in [5.74, 6) is -1.02. The van der Waals surface area contributed by atoms with Crippen LogP contribution in [0.2, 0.25) is 5.02 Å². The molecule has 4 aromatic rings. The second kappa shape index (κ2) is 10.0. The van der Waals surface area contributed by atoms with Crippen LogP contribution in [0.1, 0.15) is 40.0 Å². The number of amides is 2. The molecular formula is C27H23ClFN5O6. The highest BCUT2D eigenvalue weighted by atomic mass is 35.5. The number of nitrogens with zero attached hydrogens (tertiary/aromatic N) is 3. The maximum atomic E-state index is 15.0. The average Bonchev–Trinajstić information content (AvgIpc) is 3.65. The lowest BCUT2D eigenvalue weighted by Crippen LogP contribution is -2.70. The Hall–Kier alpha value is -4.29. The molecule has 206 valence electrons. The molecule has 2 aromatic carbocycles. The molecule has 0 saturated carbocycles. The highest BCUT2D eigenvalue weighted by Gasteiger charge is 2.48. The molecule has 2 aliphatic rings. The molecular weight excluding hydrogens is 545 g/mol. The third-order valence-corrected chi connectivity index (χ3v) is 7.27. The van der Waals surface area contributed by atoms with Crippen LogP contribution in [0.15, 0.2) is 45.4 Å². The van der Waals surface area contributed by atoms with E-state index in [1.54, 1.807) is 13.0 Å². The Morgan fingerprint density at radius 1 is 1.15 bits per heavy atom. The monoisotopic (exact) mass is 567 g/mol. The van der Waals surface area contributed by atoms with Crippen molar-refractivity contribution in [2.75, 3.05) is 20.3 Å². The van der Waals surface area contributed by atoms with Gasteiger partial charge in [-0.3, -0.25) is 9.59 Å². The largest absolute Gasteiger partial charge is 0.479 e. The number of halogens is 2. The zero-order valence-electron chi connectivity index (χ0n) is 21.4. The van der Waals surface area contributed by atoms with Gasteiger partial charge in [-0.2, -0.15) is 4.98 Å². The minimum atomic E-state index is -1.24. The Morgan fingerprint density at radius 2 is 1.98 bits per heavy atom. The van der Waals surface area contributed by atoms with Gasteiger partial charge in [0, 0.05) is 11.9 Å². The van der Waals surface area contributed by atoms with Gasteiger partial charge in [-0.15, -0.1) is 0 Å². The summed E-state index contributed by atoms with van der Waals surface area (Å²) in [7, 11) is 1.40. The van der Waals surface area contributed by atoms with E-state index in [0.29, 0.717) is 24.3 Å². The molecule has 0 bridgehead atoms. The fourth-order valence-corrected chi connectivity index (χ4v) is 5.17. The van der Waals surface area contributed by atoms with Crippen LogP contribution in [0, 0.1) is 12.7 Å². The number of aromatic nitrogens is 3. The third-order valence-electron chi connectivity index (χ3n) is 7.05. The van der Waals surface area contributed by atoms with E-state index in [2.05, 4.69) is 25.9 Å². The number of hydrogen-bond donors (Lipinski definition) is 2. The molecule has 40 heavy (non-hydrogen) atoms. The molecule has 0 radical (unpaired) electrons. The van der Waals surface area contributed by atoms with Gasteiger partial charge in [-0.25, -0.2) is 4.39 Å². The number of fused-ring (bicyclic) bond motifs is 1. The van der Waals surface area contributed by atoms with E-state index >= 15 is 4.39 Å². The lowest BCUT2D eigenvalue weighted by atomic mass is 9.94. The lowest BCUT2D eigenvalue weighted by molar-refractivity contribution is -0.147. The average molecular weight is 568 g/mol. The highest BCUT2D eigenvalue weighted by molar-refractivity contribution is 6.31. The predicted octanol–water partition coefficient (Wildman–Crippen LogP) is 3.80. The number of benzene rings is 2. The molecule has 11 nitrogen and oxygen atoms in total. The molecule has 1 aliphatic carbocycles. The van der Waals surface area contributed by atoms with E-state index in [4.69, 9.17) is 30.1 Å². The maximum absolute atomic E-state index is 15.0. The predicted molar refractivity (Wildman–Crippen MR) is 138 cm³/mol. The molecule has 1 saturated heterocycles. The van der Waals surface area contributed by atoms with Gasteiger partial charge in [-0.05, 0) is 52.4 Å². The summed E-state index contributed by atoms with van der Waals surface area (Å²) < 4.78 is 35.3. The van der Waals surface area contributed by atoms with Gasteiger partial charge in [0.2, 0.25) is 17.5 Å². The number of hydrogen-bond acceptors (Lipinski definition) is 9. The second-order valence-corrected chi connectivity index (χ2v) is 10.1. The summed E-state index contributed by atoms with van der Waals surface area (Å²) in [6, 6.07) is 9.61. The van der Waals surface area contributed by atoms with Crippen molar-refractivity contribution in [3.8, 4) is 28.4 Å². The van der Waals surface area contributed by atoms with Gasteiger partial charge < -0.3 is 29.2 Å². The van der Waals surface area contributed by atoms with Crippen LogP contribution in [0.4, 0.5) is 4.39 Å². The van der Waals surface area contributed by atoms with Crippen LogP contribution >= 0.6 is 11.6 Å². The fraction of sp³-hybridized carbons (Fsp3) is 0.296. The van der Waals surface area contributed by atoms with E-state index in [0.717, 1.165) is 16.7 Å². The van der Waals surface area contributed by atoms with Gasteiger partial charge in [0.1, 0.15) is 5.82 Å². The molecule has 1 atom stereocenters. The Labute approximate surface area is 232 Å². The van der Waals surface area contributed by atoms with Gasteiger partial charge in [0.25, 0.3) is 17.7 Å². The molecule has 1 aliphatic heterocycles. The van der Waals surface area contributed by atoms with Crippen molar-refractivity contribution in [1.29, 1.82) is 0 Å². The quantitative estimate of drug-likeness (QED) is 0.341. The van der Waals surface area contributed by atoms with E-state index in [9.17, 15) is 9.59 Å². The number of methoxy groups -OCH3 is 1. The number of nitrogens with one attached hydrogen (secondary N) is 2. The first kappa shape index (κ1) is 26.0. The number of carbonyl (C=O) groups excluding carboxylic acids is 2. The molecule has 2 amide bonds. The van der Waals surface area contributed by atoms with Crippen LogP contribution in [0.3, 0.4) is 0 Å². The van der Waals surface area contributed by atoms with Gasteiger partial charge in [0.05, 0.1) is 38.0 Å². The molecule has 2 N–H and O–H groups in total. The van der Waals surface area contributed by atoms with Crippen LogP contribution < -0.4 is 15.4 Å². The first-order valence-corrected chi connectivity index (χ1v) is 12.8. The van der Waals surface area contributed by atoms with Crippen molar-refractivity contribution >= 4 is 23.4 Å². The summed E-state index contributed by atoms with van der Waals surface area (Å²) >= 11 is 6.20. The summed E-state index contributed by atoms with van der Waals surface area (Å²) in [4.78, 5) is 30.2. The molecule has 0 spiro atoms. The summed E-state index contributed by atoms with van der Waals surface area (Å²) in [5, 5.41) is 13.5. The number of carbonyl (C=O) groups is 2. The Kier molecular flexibility index (Phi) is 6.51. The van der Waals surface area contributed by atoms with E-state index in [-0.39, 0.29) is 53.2 Å². The lowest BCUT2D eigenvalue weighted by Gasteiger charge is -2.40. The first-order valence-electron chi connectivity index (χ1n) is 12.4.